The Morgan fingerprint density at radius 2 is 1.90 bits per heavy atom. The third-order valence-corrected chi connectivity index (χ3v) is 6.36. The van der Waals surface area contributed by atoms with Gasteiger partial charge in [0.15, 0.2) is 9.84 Å². The summed E-state index contributed by atoms with van der Waals surface area (Å²) >= 11 is 0. The molecule has 1 saturated carbocycles. The summed E-state index contributed by atoms with van der Waals surface area (Å²) in [6.07, 6.45) is 8.99. The summed E-state index contributed by atoms with van der Waals surface area (Å²) in [6, 6.07) is 0. The summed E-state index contributed by atoms with van der Waals surface area (Å²) in [6.45, 7) is 1.92. The minimum atomic E-state index is -3.01. The largest absolute Gasteiger partial charge is 0.462 e. The topological polar surface area (TPSA) is 60.4 Å². The van der Waals surface area contributed by atoms with Crippen LogP contribution in [0.15, 0.2) is 0 Å². The van der Waals surface area contributed by atoms with E-state index in [4.69, 9.17) is 4.74 Å². The van der Waals surface area contributed by atoms with Crippen LogP contribution in [0.3, 0.4) is 0 Å². The number of hydrogen-bond acceptors (Lipinski definition) is 4. The molecule has 1 saturated heterocycles. The van der Waals surface area contributed by atoms with Gasteiger partial charge in [0.25, 0.3) is 0 Å². The molecule has 5 heteroatoms. The molecule has 0 spiro atoms. The van der Waals surface area contributed by atoms with E-state index in [2.05, 4.69) is 0 Å². The highest BCUT2D eigenvalue weighted by Crippen LogP contribution is 2.28. The van der Waals surface area contributed by atoms with Crippen LogP contribution in [0.4, 0.5) is 0 Å². The van der Waals surface area contributed by atoms with Crippen LogP contribution in [0, 0.1) is 11.8 Å². The number of carbonyl (C=O) groups excluding carboxylic acids is 1. The lowest BCUT2D eigenvalue weighted by atomic mass is 9.85. The lowest BCUT2D eigenvalue weighted by molar-refractivity contribution is -0.152. The minimum Gasteiger partial charge on any atom is -0.462 e. The molecule has 2 fully saturated rings. The van der Waals surface area contributed by atoms with Gasteiger partial charge in [0.2, 0.25) is 0 Å². The van der Waals surface area contributed by atoms with E-state index in [1.54, 1.807) is 0 Å². The van der Waals surface area contributed by atoms with Crippen molar-refractivity contribution in [2.45, 2.75) is 64.4 Å². The predicted octanol–water partition coefficient (Wildman–Crippen LogP) is 2.71. The first-order valence-corrected chi connectivity index (χ1v) is 9.69. The highest BCUT2D eigenvalue weighted by atomic mass is 32.2. The van der Waals surface area contributed by atoms with Gasteiger partial charge < -0.3 is 4.74 Å². The zero-order chi connectivity index (χ0) is 14.6. The van der Waals surface area contributed by atoms with Crippen molar-refractivity contribution in [3.05, 3.63) is 0 Å². The minimum absolute atomic E-state index is 0.0266. The summed E-state index contributed by atoms with van der Waals surface area (Å²) in [5.74, 6) is 0.140. The van der Waals surface area contributed by atoms with Crippen molar-refractivity contribution < 1.29 is 17.9 Å². The molecular weight excluding hydrogens is 276 g/mol. The first kappa shape index (κ1) is 15.8. The molecular formula is C15H26O4S. The van der Waals surface area contributed by atoms with Gasteiger partial charge in [0.1, 0.15) is 0 Å². The number of sulfone groups is 1. The van der Waals surface area contributed by atoms with Crippen LogP contribution in [-0.2, 0) is 19.4 Å². The number of carbonyl (C=O) groups is 1. The Kier molecular flexibility index (Phi) is 5.47. The molecule has 1 aliphatic heterocycles. The Hall–Kier alpha value is -0.580. The Labute approximate surface area is 122 Å². The number of esters is 1. The SMILES string of the molecule is CC(CCC1CCCCC1)OC(=O)C1CCS(=O)(=O)C1. The smallest absolute Gasteiger partial charge is 0.310 e. The number of ether oxygens (including phenoxy) is 1. The average molecular weight is 302 g/mol. The van der Waals surface area contributed by atoms with E-state index < -0.39 is 15.8 Å². The highest BCUT2D eigenvalue weighted by molar-refractivity contribution is 7.91. The summed E-state index contributed by atoms with van der Waals surface area (Å²) < 4.78 is 28.1. The van der Waals surface area contributed by atoms with Crippen molar-refractivity contribution in [2.24, 2.45) is 11.8 Å². The summed E-state index contributed by atoms with van der Waals surface area (Å²) in [7, 11) is -3.01. The molecule has 2 rings (SSSR count). The van der Waals surface area contributed by atoms with Gasteiger partial charge in [-0.3, -0.25) is 4.79 Å². The quantitative estimate of drug-likeness (QED) is 0.733. The summed E-state index contributed by atoms with van der Waals surface area (Å²) in [5, 5.41) is 0. The van der Waals surface area contributed by atoms with Crippen LogP contribution >= 0.6 is 0 Å². The molecule has 1 aliphatic carbocycles. The van der Waals surface area contributed by atoms with E-state index in [-0.39, 0.29) is 23.6 Å². The third-order valence-electron chi connectivity index (χ3n) is 4.59. The Morgan fingerprint density at radius 3 is 2.50 bits per heavy atom. The molecule has 4 nitrogen and oxygen atoms in total. The van der Waals surface area contributed by atoms with E-state index in [0.29, 0.717) is 6.42 Å². The van der Waals surface area contributed by atoms with Crippen LogP contribution in [0.2, 0.25) is 0 Å². The first-order chi connectivity index (χ1) is 9.46. The van der Waals surface area contributed by atoms with Gasteiger partial charge in [0.05, 0.1) is 23.5 Å². The van der Waals surface area contributed by atoms with Crippen LogP contribution in [0.25, 0.3) is 0 Å². The molecule has 116 valence electrons. The van der Waals surface area contributed by atoms with Crippen molar-refractivity contribution in [1.29, 1.82) is 0 Å². The maximum absolute atomic E-state index is 11.9. The van der Waals surface area contributed by atoms with Crippen molar-refractivity contribution in [2.75, 3.05) is 11.5 Å². The molecule has 2 unspecified atom stereocenters. The normalized spacial score (nSPS) is 28.1. The van der Waals surface area contributed by atoms with E-state index >= 15 is 0 Å². The Balaban J connectivity index is 1.68. The third kappa shape index (κ3) is 4.76. The molecule has 0 aromatic heterocycles. The van der Waals surface area contributed by atoms with Gasteiger partial charge >= 0.3 is 5.97 Å². The van der Waals surface area contributed by atoms with E-state index in [0.717, 1.165) is 18.8 Å². The van der Waals surface area contributed by atoms with Gasteiger partial charge in [-0.25, -0.2) is 8.42 Å². The van der Waals surface area contributed by atoms with Gasteiger partial charge in [-0.1, -0.05) is 32.1 Å². The Morgan fingerprint density at radius 1 is 1.20 bits per heavy atom. The molecule has 20 heavy (non-hydrogen) atoms. The second-order valence-electron chi connectivity index (χ2n) is 6.43. The fourth-order valence-electron chi connectivity index (χ4n) is 3.28. The number of rotatable bonds is 5. The van der Waals surface area contributed by atoms with E-state index in [9.17, 15) is 13.2 Å². The number of hydrogen-bond donors (Lipinski definition) is 0. The summed E-state index contributed by atoms with van der Waals surface area (Å²) in [4.78, 5) is 11.9. The second kappa shape index (κ2) is 6.92. The van der Waals surface area contributed by atoms with Crippen LogP contribution in [0.5, 0.6) is 0 Å². The molecule has 0 bridgehead atoms. The Bertz CT molecular complexity index is 423. The van der Waals surface area contributed by atoms with Crippen molar-refractivity contribution in [1.82, 2.24) is 0 Å². The molecule has 0 N–H and O–H groups in total. The average Bonchev–Trinajstić information content (AvgIpc) is 2.78. The van der Waals surface area contributed by atoms with Crippen LogP contribution in [-0.4, -0.2) is 32.0 Å². The van der Waals surface area contributed by atoms with Crippen molar-refractivity contribution in [3.63, 3.8) is 0 Å². The second-order valence-corrected chi connectivity index (χ2v) is 8.66. The molecule has 0 aromatic rings. The maximum atomic E-state index is 11.9. The fourth-order valence-corrected chi connectivity index (χ4v) is 5.01. The fraction of sp³-hybridized carbons (Fsp3) is 0.933. The zero-order valence-electron chi connectivity index (χ0n) is 12.3. The van der Waals surface area contributed by atoms with E-state index in [1.807, 2.05) is 6.92 Å². The van der Waals surface area contributed by atoms with Crippen LogP contribution < -0.4 is 0 Å². The van der Waals surface area contributed by atoms with Gasteiger partial charge in [-0.2, -0.15) is 0 Å². The highest BCUT2D eigenvalue weighted by Gasteiger charge is 2.34. The zero-order valence-corrected chi connectivity index (χ0v) is 13.2. The summed E-state index contributed by atoms with van der Waals surface area (Å²) in [5.41, 5.74) is 0. The molecule has 2 atom stereocenters. The maximum Gasteiger partial charge on any atom is 0.310 e. The van der Waals surface area contributed by atoms with Crippen LogP contribution in [0.1, 0.15) is 58.3 Å². The predicted molar refractivity (Wildman–Crippen MR) is 78.1 cm³/mol. The first-order valence-electron chi connectivity index (χ1n) is 7.87. The lowest BCUT2D eigenvalue weighted by Gasteiger charge is -2.23. The molecule has 2 aliphatic rings. The van der Waals surface area contributed by atoms with Gasteiger partial charge in [0, 0.05) is 0 Å². The lowest BCUT2D eigenvalue weighted by Crippen LogP contribution is -2.24. The standard InChI is InChI=1S/C15H26O4S/c1-12(7-8-13-5-3-2-4-6-13)19-15(16)14-9-10-20(17,18)11-14/h12-14H,2-11H2,1H3. The van der Waals surface area contributed by atoms with E-state index in [1.165, 1.54) is 32.1 Å². The van der Waals surface area contributed by atoms with Crippen molar-refractivity contribution >= 4 is 15.8 Å². The van der Waals surface area contributed by atoms with Crippen molar-refractivity contribution in [3.8, 4) is 0 Å². The van der Waals surface area contributed by atoms with Gasteiger partial charge in [-0.05, 0) is 32.1 Å². The van der Waals surface area contributed by atoms with Gasteiger partial charge in [-0.15, -0.1) is 0 Å². The molecule has 0 amide bonds. The molecule has 0 radical (unpaired) electrons. The molecule has 1 heterocycles. The molecule has 0 aromatic carbocycles. The monoisotopic (exact) mass is 302 g/mol.